The fourth-order valence-electron chi connectivity index (χ4n) is 6.44. The molecule has 6 atom stereocenters. The van der Waals surface area contributed by atoms with Gasteiger partial charge in [-0.15, -0.1) is 0 Å². The fourth-order valence-corrected chi connectivity index (χ4v) is 8.22. The van der Waals surface area contributed by atoms with Gasteiger partial charge >= 0.3 is 5.97 Å². The molecule has 12 nitrogen and oxygen atoms in total. The van der Waals surface area contributed by atoms with Crippen LogP contribution in [0.3, 0.4) is 0 Å². The van der Waals surface area contributed by atoms with Crippen LogP contribution in [0.1, 0.15) is 39.0 Å². The number of sulfonamides is 1. The van der Waals surface area contributed by atoms with Crippen LogP contribution in [0.5, 0.6) is 0 Å². The highest BCUT2D eigenvalue weighted by Gasteiger charge is 2.72. The van der Waals surface area contributed by atoms with Gasteiger partial charge in [0.25, 0.3) is 5.69 Å². The van der Waals surface area contributed by atoms with E-state index in [4.69, 9.17) is 14.2 Å². The number of nitro benzene ring substituents is 1. The van der Waals surface area contributed by atoms with Crippen LogP contribution in [-0.4, -0.2) is 73.2 Å². The van der Waals surface area contributed by atoms with Crippen molar-refractivity contribution in [3.8, 4) is 0 Å². The van der Waals surface area contributed by atoms with Gasteiger partial charge in [-0.25, -0.2) is 8.42 Å². The number of esters is 1. The molecule has 13 heteroatoms. The molecule has 1 saturated heterocycles. The van der Waals surface area contributed by atoms with Crippen LogP contribution >= 0.6 is 0 Å². The molecule has 4 aliphatic rings. The Morgan fingerprint density at radius 3 is 2.70 bits per heavy atom. The summed E-state index contributed by atoms with van der Waals surface area (Å²) in [6.45, 7) is 1.28. The molecular formula is C27H30N2O10S. The summed E-state index contributed by atoms with van der Waals surface area (Å²) in [4.78, 5) is 49.0. The predicted molar refractivity (Wildman–Crippen MR) is 138 cm³/mol. The number of nitrogens with zero attached hydrogens (tertiary/aromatic N) is 2. The standard InChI is InChI=1S/C27H30N2O10S/c1-16(30)38-25-22(37-2)14-20(31)18-13-21(32)24-26(39-24)27(18,25)15-17-9-5-3-4-8-12-28(17)40(35,36)23-11-7-6-10-19(23)29(33)34/h5-7,9-11,14,17-18,24-26H,3-4,8,12-13,15H2,1-2H3/b9-5-/t17-,18-,24+,25+,26+,27-/m0/s1. The Balaban J connectivity index is 1.65. The number of ether oxygens (including phenoxy) is 3. The lowest BCUT2D eigenvalue weighted by Crippen LogP contribution is -2.60. The molecular weight excluding hydrogens is 544 g/mol. The number of epoxide rings is 1. The summed E-state index contributed by atoms with van der Waals surface area (Å²) in [5, 5.41) is 11.7. The Morgan fingerprint density at radius 1 is 1.25 bits per heavy atom. The van der Waals surface area contributed by atoms with Gasteiger partial charge in [-0.1, -0.05) is 24.3 Å². The van der Waals surface area contributed by atoms with Crippen molar-refractivity contribution in [2.24, 2.45) is 11.3 Å². The van der Waals surface area contributed by atoms with E-state index in [-0.39, 0.29) is 30.9 Å². The van der Waals surface area contributed by atoms with E-state index in [2.05, 4.69) is 0 Å². The van der Waals surface area contributed by atoms with Crippen molar-refractivity contribution < 1.29 is 41.9 Å². The zero-order chi connectivity index (χ0) is 28.8. The lowest BCUT2D eigenvalue weighted by molar-refractivity contribution is -0.387. The third kappa shape index (κ3) is 4.65. The molecule has 214 valence electrons. The van der Waals surface area contributed by atoms with Gasteiger partial charge in [0.2, 0.25) is 10.0 Å². The first-order chi connectivity index (χ1) is 19.0. The Morgan fingerprint density at radius 2 is 2.00 bits per heavy atom. The van der Waals surface area contributed by atoms with Crippen LogP contribution < -0.4 is 0 Å². The van der Waals surface area contributed by atoms with Crippen molar-refractivity contribution in [3.05, 3.63) is 58.4 Å². The predicted octanol–water partition coefficient (Wildman–Crippen LogP) is 2.47. The van der Waals surface area contributed by atoms with Gasteiger partial charge in [0.15, 0.2) is 22.6 Å². The van der Waals surface area contributed by atoms with Crippen LogP contribution in [0.25, 0.3) is 0 Å². The zero-order valence-electron chi connectivity index (χ0n) is 22.1. The zero-order valence-corrected chi connectivity index (χ0v) is 22.9. The lowest BCUT2D eigenvalue weighted by atomic mass is 9.56. The number of para-hydroxylation sites is 1. The van der Waals surface area contributed by atoms with E-state index in [1.807, 2.05) is 6.08 Å². The number of benzene rings is 1. The van der Waals surface area contributed by atoms with Gasteiger partial charge in [-0.05, 0) is 31.7 Å². The molecule has 2 fully saturated rings. The quantitative estimate of drug-likeness (QED) is 0.155. The molecule has 0 amide bonds. The third-order valence-electron chi connectivity index (χ3n) is 8.23. The van der Waals surface area contributed by atoms with E-state index in [9.17, 15) is 32.9 Å². The maximum absolute atomic E-state index is 14.1. The van der Waals surface area contributed by atoms with Crippen molar-refractivity contribution in [2.75, 3.05) is 13.7 Å². The summed E-state index contributed by atoms with van der Waals surface area (Å²) in [5.41, 5.74) is -1.86. The van der Waals surface area contributed by atoms with Crippen molar-refractivity contribution in [2.45, 2.75) is 68.3 Å². The molecule has 40 heavy (non-hydrogen) atoms. The third-order valence-corrected chi connectivity index (χ3v) is 10.2. The van der Waals surface area contributed by atoms with Crippen LogP contribution in [0.15, 0.2) is 53.1 Å². The molecule has 2 aliphatic carbocycles. The Bertz CT molecular complexity index is 1420. The molecule has 1 aromatic carbocycles. The minimum atomic E-state index is -4.41. The second-order valence-corrected chi connectivity index (χ2v) is 12.4. The maximum atomic E-state index is 14.1. The van der Waals surface area contributed by atoms with Crippen molar-refractivity contribution in [1.29, 1.82) is 0 Å². The smallest absolute Gasteiger partial charge is 0.303 e. The largest absolute Gasteiger partial charge is 0.497 e. The molecule has 0 N–H and O–H groups in total. The monoisotopic (exact) mass is 574 g/mol. The van der Waals surface area contributed by atoms with Crippen molar-refractivity contribution in [1.82, 2.24) is 4.31 Å². The Kier molecular flexibility index (Phi) is 7.40. The van der Waals surface area contributed by atoms with E-state index in [0.29, 0.717) is 19.3 Å². The average Bonchev–Trinajstić information content (AvgIpc) is 3.70. The van der Waals surface area contributed by atoms with E-state index in [1.165, 1.54) is 42.6 Å². The summed E-state index contributed by atoms with van der Waals surface area (Å²) in [6, 6.07) is 4.26. The fraction of sp³-hybridized carbons (Fsp3) is 0.519. The van der Waals surface area contributed by atoms with E-state index in [1.54, 1.807) is 6.08 Å². The second-order valence-electron chi connectivity index (χ2n) is 10.5. The number of rotatable bonds is 7. The van der Waals surface area contributed by atoms with E-state index < -0.39 is 73.0 Å². The van der Waals surface area contributed by atoms with Gasteiger partial charge in [0, 0.05) is 44.0 Å². The molecule has 0 radical (unpaired) electrons. The highest BCUT2D eigenvalue weighted by Crippen LogP contribution is 2.60. The first kappa shape index (κ1) is 28.1. The first-order valence-corrected chi connectivity index (χ1v) is 14.5. The number of nitro groups is 1. The number of fused-ring (bicyclic) bond motifs is 3. The van der Waals surface area contributed by atoms with Crippen LogP contribution in [-0.2, 0) is 38.6 Å². The summed E-state index contributed by atoms with van der Waals surface area (Å²) >= 11 is 0. The number of Topliss-reactive ketones (excluding diaryl/α,β-unsaturated/α-hetero) is 1. The normalized spacial score (nSPS) is 33.0. The lowest BCUT2D eigenvalue weighted by Gasteiger charge is -2.49. The van der Waals surface area contributed by atoms with Crippen molar-refractivity contribution >= 4 is 33.2 Å². The van der Waals surface area contributed by atoms with Gasteiger partial charge in [0.05, 0.1) is 17.4 Å². The number of carbonyl (C=O) groups is 3. The van der Waals surface area contributed by atoms with Crippen molar-refractivity contribution in [3.63, 3.8) is 0 Å². The number of ketones is 2. The van der Waals surface area contributed by atoms with Crippen LogP contribution in [0.4, 0.5) is 5.69 Å². The molecule has 2 heterocycles. The molecule has 0 aromatic heterocycles. The molecule has 0 spiro atoms. The van der Waals surface area contributed by atoms with E-state index >= 15 is 0 Å². The number of hydrogen-bond acceptors (Lipinski definition) is 10. The van der Waals surface area contributed by atoms with E-state index in [0.717, 1.165) is 6.07 Å². The molecule has 1 aromatic rings. The van der Waals surface area contributed by atoms with Gasteiger partial charge in [-0.3, -0.25) is 24.5 Å². The van der Waals surface area contributed by atoms with Gasteiger partial charge in [-0.2, -0.15) is 4.31 Å². The summed E-state index contributed by atoms with van der Waals surface area (Å²) in [7, 11) is -3.07. The minimum absolute atomic E-state index is 0.0487. The molecule has 2 aliphatic heterocycles. The highest BCUT2D eigenvalue weighted by molar-refractivity contribution is 7.89. The van der Waals surface area contributed by atoms with Crippen LogP contribution in [0.2, 0.25) is 0 Å². The molecule has 0 unspecified atom stereocenters. The topological polar surface area (TPSA) is 163 Å². The van der Waals surface area contributed by atoms with Crippen LogP contribution in [0, 0.1) is 21.4 Å². The maximum Gasteiger partial charge on any atom is 0.303 e. The summed E-state index contributed by atoms with van der Waals surface area (Å²) in [5.74, 6) is -2.14. The average molecular weight is 575 g/mol. The number of hydrogen-bond donors (Lipinski definition) is 0. The SMILES string of the molecule is COC1=CC(=O)[C@@H]2CC(=O)[C@H]3O[C@H]3[C@]2(C[C@@H]2/C=C\CCCCN2S(=O)(=O)c2ccccc2[N+](=O)[O-])[C@@H]1OC(C)=O. The minimum Gasteiger partial charge on any atom is -0.497 e. The molecule has 5 rings (SSSR count). The second kappa shape index (κ2) is 10.5. The number of allylic oxidation sites excluding steroid dienone is 2. The first-order valence-electron chi connectivity index (χ1n) is 13.1. The van der Waals surface area contributed by atoms with Gasteiger partial charge in [0.1, 0.15) is 18.0 Å². The molecule has 1 saturated carbocycles. The Labute approximate surface area is 231 Å². The summed E-state index contributed by atoms with van der Waals surface area (Å²) < 4.78 is 46.4. The summed E-state index contributed by atoms with van der Waals surface area (Å²) in [6.07, 6.45) is 3.73. The highest BCUT2D eigenvalue weighted by atomic mass is 32.2. The van der Waals surface area contributed by atoms with Gasteiger partial charge < -0.3 is 14.2 Å². The molecule has 0 bridgehead atoms. The number of methoxy groups -OCH3 is 1. The Hall–Kier alpha value is -3.42. The number of carbonyl (C=O) groups excluding carboxylic acids is 3.